The molecule has 0 unspecified atom stereocenters. The van der Waals surface area contributed by atoms with Crippen molar-refractivity contribution < 1.29 is 23.8 Å². The van der Waals surface area contributed by atoms with Gasteiger partial charge in [0.1, 0.15) is 12.1 Å². The second kappa shape index (κ2) is 7.01. The van der Waals surface area contributed by atoms with Crippen LogP contribution in [0.3, 0.4) is 0 Å². The second-order valence-corrected chi connectivity index (χ2v) is 7.09. The number of rotatable bonds is 3. The van der Waals surface area contributed by atoms with Crippen LogP contribution in [0.1, 0.15) is 37.0 Å². The number of esters is 2. The Balaban J connectivity index is 2.58. The van der Waals surface area contributed by atoms with Crippen molar-refractivity contribution in [3.63, 3.8) is 0 Å². The number of fused-ring (bicyclic) bond motifs is 1. The highest BCUT2D eigenvalue weighted by Crippen LogP contribution is 2.26. The van der Waals surface area contributed by atoms with E-state index >= 15 is 0 Å². The highest BCUT2D eigenvalue weighted by Gasteiger charge is 2.30. The molecule has 0 saturated carbocycles. The Bertz CT molecular complexity index is 862. The van der Waals surface area contributed by atoms with E-state index in [0.717, 1.165) is 7.11 Å². The normalized spacial score (nSPS) is 11.4. The SMILES string of the molecule is COC(=O)c1c(COC(=O)C(C)(C)C)nc2cc(Cl)c(Cl)cc2[n+]1[O-]. The number of nitrogens with zero attached hydrogens (tertiary/aromatic N) is 2. The molecule has 1 heterocycles. The number of carbonyl (C=O) groups excluding carboxylic acids is 2. The predicted octanol–water partition coefficient (Wildman–Crippen LogP) is 3.05. The molecule has 0 fully saturated rings. The first-order valence-electron chi connectivity index (χ1n) is 7.23. The lowest BCUT2D eigenvalue weighted by molar-refractivity contribution is -0.581. The summed E-state index contributed by atoms with van der Waals surface area (Å²) in [5.41, 5.74) is -0.910. The molecule has 0 N–H and O–H groups in total. The topological polar surface area (TPSA) is 92.4 Å². The lowest BCUT2D eigenvalue weighted by Gasteiger charge is -2.17. The van der Waals surface area contributed by atoms with Crippen molar-refractivity contribution in [1.82, 2.24) is 4.98 Å². The monoisotopic (exact) mass is 386 g/mol. The molecule has 0 atom stereocenters. The number of methoxy groups -OCH3 is 1. The average molecular weight is 387 g/mol. The molecule has 0 aliphatic heterocycles. The third-order valence-corrected chi connectivity index (χ3v) is 4.02. The van der Waals surface area contributed by atoms with Gasteiger partial charge >= 0.3 is 17.6 Å². The Hall–Kier alpha value is -2.12. The van der Waals surface area contributed by atoms with E-state index in [4.69, 9.17) is 27.9 Å². The minimum atomic E-state index is -0.905. The number of carbonyl (C=O) groups is 2. The van der Waals surface area contributed by atoms with E-state index in [1.54, 1.807) is 20.8 Å². The molecular formula is C16H16Cl2N2O5. The van der Waals surface area contributed by atoms with Gasteiger partial charge in [-0.2, -0.15) is 4.73 Å². The van der Waals surface area contributed by atoms with Crippen molar-refractivity contribution >= 4 is 46.2 Å². The molecule has 0 radical (unpaired) electrons. The molecule has 2 rings (SSSR count). The van der Waals surface area contributed by atoms with Crippen LogP contribution in [0.5, 0.6) is 0 Å². The number of ether oxygens (including phenoxy) is 2. The van der Waals surface area contributed by atoms with Crippen LogP contribution in [0, 0.1) is 10.6 Å². The summed E-state index contributed by atoms with van der Waals surface area (Å²) in [7, 11) is 1.13. The molecular weight excluding hydrogens is 371 g/mol. The predicted molar refractivity (Wildman–Crippen MR) is 91.3 cm³/mol. The van der Waals surface area contributed by atoms with E-state index in [-0.39, 0.29) is 39.1 Å². The van der Waals surface area contributed by atoms with Gasteiger partial charge in [-0.15, -0.1) is 0 Å². The molecule has 9 heteroatoms. The molecule has 0 bridgehead atoms. The summed E-state index contributed by atoms with van der Waals surface area (Å²) in [5, 5.41) is 12.9. The molecule has 1 aromatic heterocycles. The molecule has 0 amide bonds. The maximum Gasteiger partial charge on any atom is 0.406 e. The maximum atomic E-state index is 12.6. The van der Waals surface area contributed by atoms with Gasteiger partial charge in [-0.25, -0.2) is 9.78 Å². The first-order chi connectivity index (χ1) is 11.6. The van der Waals surface area contributed by atoms with Gasteiger partial charge in [0.05, 0.1) is 22.6 Å². The number of hydrogen-bond acceptors (Lipinski definition) is 6. The van der Waals surface area contributed by atoms with Gasteiger partial charge in [-0.3, -0.25) is 4.79 Å². The van der Waals surface area contributed by atoms with E-state index in [1.165, 1.54) is 12.1 Å². The summed E-state index contributed by atoms with van der Waals surface area (Å²) >= 11 is 11.9. The first-order valence-corrected chi connectivity index (χ1v) is 7.98. The zero-order valence-corrected chi connectivity index (χ0v) is 15.6. The minimum absolute atomic E-state index is 0.0367. The molecule has 0 aliphatic rings. The van der Waals surface area contributed by atoms with Gasteiger partial charge < -0.3 is 14.7 Å². The standard InChI is InChI=1S/C16H16Cl2N2O5/c1-16(2,3)15(22)25-7-11-13(14(21)24-4)20(23)12-6-9(18)8(17)5-10(12)19-11/h5-6H,7H2,1-4H3. The Morgan fingerprint density at radius 2 is 1.84 bits per heavy atom. The molecule has 0 spiro atoms. The summed E-state index contributed by atoms with van der Waals surface area (Å²) < 4.78 is 10.1. The molecule has 1 aromatic carbocycles. The van der Waals surface area contributed by atoms with Gasteiger partial charge in [-0.05, 0) is 26.8 Å². The summed E-state index contributed by atoms with van der Waals surface area (Å²) in [6, 6.07) is 2.69. The Morgan fingerprint density at radius 1 is 1.24 bits per heavy atom. The van der Waals surface area contributed by atoms with Gasteiger partial charge in [0, 0.05) is 6.07 Å². The molecule has 0 saturated heterocycles. The largest absolute Gasteiger partial charge is 0.618 e. The van der Waals surface area contributed by atoms with E-state index in [2.05, 4.69) is 9.72 Å². The van der Waals surface area contributed by atoms with E-state index in [9.17, 15) is 14.8 Å². The van der Waals surface area contributed by atoms with Crippen LogP contribution in [0.25, 0.3) is 11.0 Å². The van der Waals surface area contributed by atoms with Gasteiger partial charge in [0.25, 0.3) is 0 Å². The third kappa shape index (κ3) is 3.93. The number of aromatic nitrogens is 2. The van der Waals surface area contributed by atoms with Crippen LogP contribution in [-0.2, 0) is 20.9 Å². The van der Waals surface area contributed by atoms with E-state index in [0.29, 0.717) is 4.73 Å². The zero-order valence-electron chi connectivity index (χ0n) is 14.1. The lowest BCUT2D eigenvalue weighted by Crippen LogP contribution is -2.39. The Kier molecular flexibility index (Phi) is 5.39. The summed E-state index contributed by atoms with van der Waals surface area (Å²) in [4.78, 5) is 28.2. The molecule has 134 valence electrons. The van der Waals surface area contributed by atoms with Crippen LogP contribution in [0.2, 0.25) is 10.0 Å². The minimum Gasteiger partial charge on any atom is -0.618 e. The summed E-state index contributed by atoms with van der Waals surface area (Å²) in [5.74, 6) is -1.41. The van der Waals surface area contributed by atoms with E-state index in [1.807, 2.05) is 0 Å². The van der Waals surface area contributed by atoms with Gasteiger partial charge in [0.2, 0.25) is 5.52 Å². The Morgan fingerprint density at radius 3 is 2.40 bits per heavy atom. The highest BCUT2D eigenvalue weighted by molar-refractivity contribution is 6.42. The molecule has 7 nitrogen and oxygen atoms in total. The smallest absolute Gasteiger partial charge is 0.406 e. The fourth-order valence-corrected chi connectivity index (χ4v) is 2.28. The zero-order chi connectivity index (χ0) is 18.9. The first kappa shape index (κ1) is 19.2. The summed E-state index contributed by atoms with van der Waals surface area (Å²) in [6.45, 7) is 4.68. The van der Waals surface area contributed by atoms with Crippen LogP contribution >= 0.6 is 23.2 Å². The van der Waals surface area contributed by atoms with Gasteiger partial charge in [-0.1, -0.05) is 23.2 Å². The summed E-state index contributed by atoms with van der Waals surface area (Å²) in [6.07, 6.45) is 0. The third-order valence-electron chi connectivity index (χ3n) is 3.30. The Labute approximate surface area is 154 Å². The van der Waals surface area contributed by atoms with Crippen molar-refractivity contribution in [2.45, 2.75) is 27.4 Å². The van der Waals surface area contributed by atoms with Crippen molar-refractivity contribution in [2.24, 2.45) is 5.41 Å². The quantitative estimate of drug-likeness (QED) is 0.457. The number of benzene rings is 1. The lowest BCUT2D eigenvalue weighted by atomic mass is 9.97. The van der Waals surface area contributed by atoms with Crippen molar-refractivity contribution in [1.29, 1.82) is 0 Å². The second-order valence-electron chi connectivity index (χ2n) is 6.27. The fraction of sp³-hybridized carbons (Fsp3) is 0.375. The van der Waals surface area contributed by atoms with Crippen LogP contribution in [0.4, 0.5) is 0 Å². The highest BCUT2D eigenvalue weighted by atomic mass is 35.5. The number of hydrogen-bond donors (Lipinski definition) is 0. The van der Waals surface area contributed by atoms with Crippen LogP contribution in [0.15, 0.2) is 12.1 Å². The molecule has 25 heavy (non-hydrogen) atoms. The van der Waals surface area contributed by atoms with Crippen molar-refractivity contribution in [3.8, 4) is 0 Å². The van der Waals surface area contributed by atoms with Crippen LogP contribution < -0.4 is 4.73 Å². The van der Waals surface area contributed by atoms with Crippen LogP contribution in [-0.4, -0.2) is 24.0 Å². The fourth-order valence-electron chi connectivity index (χ4n) is 1.96. The number of halogens is 2. The van der Waals surface area contributed by atoms with Gasteiger partial charge in [0.15, 0.2) is 5.69 Å². The molecule has 2 aromatic rings. The maximum absolute atomic E-state index is 12.6. The van der Waals surface area contributed by atoms with E-state index < -0.39 is 17.4 Å². The molecule has 0 aliphatic carbocycles. The van der Waals surface area contributed by atoms with Crippen molar-refractivity contribution in [2.75, 3.05) is 7.11 Å². The average Bonchev–Trinajstić information content (AvgIpc) is 2.53. The van der Waals surface area contributed by atoms with Crippen molar-refractivity contribution in [3.05, 3.63) is 38.8 Å².